The third kappa shape index (κ3) is 3.39. The van der Waals surface area contributed by atoms with Crippen molar-refractivity contribution in [2.75, 3.05) is 11.9 Å². The molecule has 1 aromatic heterocycles. The van der Waals surface area contributed by atoms with Gasteiger partial charge >= 0.3 is 0 Å². The SMILES string of the molecule is CC1=NN(CC(C)C)C(=O)[C@@H]1C(=O)Nc1cccnc1Cl. The van der Waals surface area contributed by atoms with Crippen molar-refractivity contribution < 1.29 is 9.59 Å². The van der Waals surface area contributed by atoms with Crippen LogP contribution < -0.4 is 5.32 Å². The Morgan fingerprint density at radius 3 is 2.86 bits per heavy atom. The van der Waals surface area contributed by atoms with Gasteiger partial charge in [-0.25, -0.2) is 9.99 Å². The summed E-state index contributed by atoms with van der Waals surface area (Å²) in [4.78, 5) is 28.4. The number of amides is 2. The van der Waals surface area contributed by atoms with Crippen LogP contribution >= 0.6 is 11.6 Å². The van der Waals surface area contributed by atoms with Crippen LogP contribution in [0.5, 0.6) is 0 Å². The Labute approximate surface area is 128 Å². The van der Waals surface area contributed by atoms with E-state index in [1.807, 2.05) is 13.8 Å². The normalized spacial score (nSPS) is 18.1. The lowest BCUT2D eigenvalue weighted by atomic mass is 10.0. The molecular weight excluding hydrogens is 292 g/mol. The molecule has 1 N–H and O–H groups in total. The summed E-state index contributed by atoms with van der Waals surface area (Å²) in [5, 5.41) is 8.33. The molecule has 0 aromatic carbocycles. The molecule has 112 valence electrons. The number of rotatable bonds is 4. The minimum absolute atomic E-state index is 0.185. The quantitative estimate of drug-likeness (QED) is 0.684. The highest BCUT2D eigenvalue weighted by Crippen LogP contribution is 2.22. The summed E-state index contributed by atoms with van der Waals surface area (Å²) >= 11 is 5.89. The number of carbonyl (C=O) groups is 2. The molecule has 21 heavy (non-hydrogen) atoms. The monoisotopic (exact) mass is 308 g/mol. The van der Waals surface area contributed by atoms with Crippen molar-refractivity contribution >= 4 is 34.8 Å². The van der Waals surface area contributed by atoms with Gasteiger partial charge in [-0.15, -0.1) is 0 Å². The van der Waals surface area contributed by atoms with Gasteiger partial charge in [-0.3, -0.25) is 9.59 Å². The van der Waals surface area contributed by atoms with Gasteiger partial charge in [0.15, 0.2) is 11.1 Å². The zero-order chi connectivity index (χ0) is 15.6. The third-order valence-corrected chi connectivity index (χ3v) is 3.32. The maximum absolute atomic E-state index is 12.3. The summed E-state index contributed by atoms with van der Waals surface area (Å²) in [6.07, 6.45) is 1.52. The van der Waals surface area contributed by atoms with Crippen molar-refractivity contribution in [1.82, 2.24) is 9.99 Å². The van der Waals surface area contributed by atoms with Crippen LogP contribution in [0.2, 0.25) is 5.15 Å². The molecule has 1 aromatic rings. The van der Waals surface area contributed by atoms with Crippen molar-refractivity contribution in [1.29, 1.82) is 0 Å². The van der Waals surface area contributed by atoms with Crippen LogP contribution in [0.15, 0.2) is 23.4 Å². The Balaban J connectivity index is 2.12. The average Bonchev–Trinajstić information content (AvgIpc) is 2.66. The fourth-order valence-corrected chi connectivity index (χ4v) is 2.25. The number of hydrogen-bond donors (Lipinski definition) is 1. The highest BCUT2D eigenvalue weighted by molar-refractivity contribution is 6.33. The second kappa shape index (κ2) is 6.22. The Morgan fingerprint density at radius 1 is 1.52 bits per heavy atom. The zero-order valence-corrected chi connectivity index (χ0v) is 12.9. The lowest BCUT2D eigenvalue weighted by Gasteiger charge is -2.16. The molecule has 6 nitrogen and oxygen atoms in total. The molecule has 2 amide bonds. The lowest BCUT2D eigenvalue weighted by Crippen LogP contribution is -2.37. The van der Waals surface area contributed by atoms with Gasteiger partial charge in [0.25, 0.3) is 5.91 Å². The smallest absolute Gasteiger partial charge is 0.261 e. The summed E-state index contributed by atoms with van der Waals surface area (Å²) < 4.78 is 0. The highest BCUT2D eigenvalue weighted by Gasteiger charge is 2.39. The largest absolute Gasteiger partial charge is 0.322 e. The molecule has 2 heterocycles. The molecule has 0 unspecified atom stereocenters. The molecule has 0 aliphatic carbocycles. The van der Waals surface area contributed by atoms with Crippen molar-refractivity contribution in [2.45, 2.75) is 20.8 Å². The maximum atomic E-state index is 12.3. The number of nitrogens with zero attached hydrogens (tertiary/aromatic N) is 3. The maximum Gasteiger partial charge on any atom is 0.261 e. The van der Waals surface area contributed by atoms with E-state index in [4.69, 9.17) is 11.6 Å². The topological polar surface area (TPSA) is 74.7 Å². The molecule has 1 atom stereocenters. The Kier molecular flexibility index (Phi) is 4.57. The summed E-state index contributed by atoms with van der Waals surface area (Å²) in [7, 11) is 0. The summed E-state index contributed by atoms with van der Waals surface area (Å²) in [6, 6.07) is 3.29. The number of anilines is 1. The van der Waals surface area contributed by atoms with Crippen LogP contribution in [0.4, 0.5) is 5.69 Å². The van der Waals surface area contributed by atoms with E-state index in [9.17, 15) is 9.59 Å². The molecule has 1 aliphatic rings. The lowest BCUT2D eigenvalue weighted by molar-refractivity contribution is -0.136. The number of halogens is 1. The fourth-order valence-electron chi connectivity index (χ4n) is 2.09. The predicted molar refractivity (Wildman–Crippen MR) is 81.0 cm³/mol. The molecule has 0 saturated carbocycles. The molecule has 2 rings (SSSR count). The number of aromatic nitrogens is 1. The fraction of sp³-hybridized carbons (Fsp3) is 0.429. The van der Waals surface area contributed by atoms with E-state index >= 15 is 0 Å². The second-order valence-corrected chi connectivity index (χ2v) is 5.68. The van der Waals surface area contributed by atoms with E-state index in [2.05, 4.69) is 15.4 Å². The van der Waals surface area contributed by atoms with Crippen LogP contribution in [-0.2, 0) is 9.59 Å². The van der Waals surface area contributed by atoms with Gasteiger partial charge in [-0.05, 0) is 25.0 Å². The first kappa shape index (κ1) is 15.4. The zero-order valence-electron chi connectivity index (χ0n) is 12.1. The van der Waals surface area contributed by atoms with E-state index in [0.29, 0.717) is 17.9 Å². The standard InChI is InChI=1S/C14H17ClN4O2/c1-8(2)7-19-14(21)11(9(3)18-19)13(20)17-10-5-4-6-16-12(10)15/h4-6,8,11H,7H2,1-3H3,(H,17,20)/t11-/m0/s1. The van der Waals surface area contributed by atoms with Crippen LogP contribution in [-0.4, -0.2) is 34.1 Å². The molecular formula is C14H17ClN4O2. The molecule has 0 fully saturated rings. The minimum Gasteiger partial charge on any atom is -0.322 e. The van der Waals surface area contributed by atoms with Gasteiger partial charge in [0.1, 0.15) is 0 Å². The van der Waals surface area contributed by atoms with Crippen molar-refractivity contribution in [3.8, 4) is 0 Å². The van der Waals surface area contributed by atoms with Crippen LogP contribution in [0, 0.1) is 11.8 Å². The average molecular weight is 309 g/mol. The van der Waals surface area contributed by atoms with E-state index < -0.39 is 11.8 Å². The Morgan fingerprint density at radius 2 is 2.24 bits per heavy atom. The summed E-state index contributed by atoms with van der Waals surface area (Å²) in [5.74, 6) is -1.37. The van der Waals surface area contributed by atoms with Crippen molar-refractivity contribution in [2.24, 2.45) is 16.9 Å². The number of pyridine rings is 1. The van der Waals surface area contributed by atoms with E-state index in [0.717, 1.165) is 0 Å². The highest BCUT2D eigenvalue weighted by atomic mass is 35.5. The Bertz CT molecular complexity index is 600. The van der Waals surface area contributed by atoms with Crippen LogP contribution in [0.25, 0.3) is 0 Å². The first-order chi connectivity index (χ1) is 9.90. The molecule has 0 radical (unpaired) electrons. The van der Waals surface area contributed by atoms with Gasteiger partial charge in [-0.1, -0.05) is 25.4 Å². The van der Waals surface area contributed by atoms with Gasteiger partial charge in [0.05, 0.1) is 11.4 Å². The molecule has 1 aliphatic heterocycles. The second-order valence-electron chi connectivity index (χ2n) is 5.32. The molecule has 0 saturated heterocycles. The Hall–Kier alpha value is -1.95. The van der Waals surface area contributed by atoms with Crippen molar-refractivity contribution in [3.63, 3.8) is 0 Å². The number of carbonyl (C=O) groups excluding carboxylic acids is 2. The van der Waals surface area contributed by atoms with Gasteiger partial charge in [0, 0.05) is 12.7 Å². The third-order valence-electron chi connectivity index (χ3n) is 3.01. The van der Waals surface area contributed by atoms with Gasteiger partial charge in [0.2, 0.25) is 5.91 Å². The first-order valence-corrected chi connectivity index (χ1v) is 7.05. The van der Waals surface area contributed by atoms with E-state index in [-0.39, 0.29) is 17.0 Å². The minimum atomic E-state index is -0.903. The van der Waals surface area contributed by atoms with Crippen LogP contribution in [0.1, 0.15) is 20.8 Å². The molecule has 7 heteroatoms. The summed E-state index contributed by atoms with van der Waals surface area (Å²) in [6.45, 7) is 6.14. The number of hydrogen-bond acceptors (Lipinski definition) is 4. The number of nitrogens with one attached hydrogen (secondary N) is 1. The van der Waals surface area contributed by atoms with E-state index in [1.165, 1.54) is 11.2 Å². The molecule has 0 spiro atoms. The van der Waals surface area contributed by atoms with E-state index in [1.54, 1.807) is 19.1 Å². The van der Waals surface area contributed by atoms with Gasteiger partial charge < -0.3 is 5.32 Å². The number of hydrazone groups is 1. The molecule has 0 bridgehead atoms. The predicted octanol–water partition coefficient (Wildman–Crippen LogP) is 2.16. The van der Waals surface area contributed by atoms with Crippen LogP contribution in [0.3, 0.4) is 0 Å². The van der Waals surface area contributed by atoms with Gasteiger partial charge in [-0.2, -0.15) is 5.10 Å². The first-order valence-electron chi connectivity index (χ1n) is 6.68. The summed E-state index contributed by atoms with van der Waals surface area (Å²) in [5.41, 5.74) is 0.866. The van der Waals surface area contributed by atoms with Crippen molar-refractivity contribution in [3.05, 3.63) is 23.5 Å².